The van der Waals surface area contributed by atoms with Gasteiger partial charge in [0.15, 0.2) is 0 Å². The molecule has 0 aromatic heterocycles. The Hall–Kier alpha value is -1.35. The zero-order valence-electron chi connectivity index (χ0n) is 10.6. The predicted octanol–water partition coefficient (Wildman–Crippen LogP) is 2.46. The van der Waals surface area contributed by atoms with E-state index in [1.54, 1.807) is 0 Å². The third kappa shape index (κ3) is 5.00. The Morgan fingerprint density at radius 2 is 2.00 bits per heavy atom. The summed E-state index contributed by atoms with van der Waals surface area (Å²) in [4.78, 5) is 10.9. The van der Waals surface area contributed by atoms with Crippen LogP contribution in [0.4, 0.5) is 0 Å². The van der Waals surface area contributed by atoms with Crippen molar-refractivity contribution >= 4 is 5.97 Å². The molecule has 0 fully saturated rings. The molecule has 0 heterocycles. The van der Waals surface area contributed by atoms with Crippen LogP contribution in [0.25, 0.3) is 0 Å². The topological polar surface area (TPSA) is 49.3 Å². The summed E-state index contributed by atoms with van der Waals surface area (Å²) in [5.41, 5.74) is 0.929. The summed E-state index contributed by atoms with van der Waals surface area (Å²) in [6.45, 7) is 4.77. The first-order valence-corrected chi connectivity index (χ1v) is 6.06. The fourth-order valence-electron chi connectivity index (χ4n) is 2.06. The van der Waals surface area contributed by atoms with Crippen molar-refractivity contribution in [3.05, 3.63) is 35.9 Å². The average molecular weight is 235 g/mol. The lowest BCUT2D eigenvalue weighted by Gasteiger charge is -2.29. The van der Waals surface area contributed by atoms with E-state index in [0.717, 1.165) is 19.4 Å². The van der Waals surface area contributed by atoms with Gasteiger partial charge in [-0.2, -0.15) is 0 Å². The highest BCUT2D eigenvalue weighted by molar-refractivity contribution is 5.68. The van der Waals surface area contributed by atoms with Crippen LogP contribution in [0.2, 0.25) is 0 Å². The fraction of sp³-hybridized carbons (Fsp3) is 0.500. The first-order chi connectivity index (χ1) is 8.06. The maximum Gasteiger partial charge on any atom is 0.305 e. The number of hydrogen-bond acceptors (Lipinski definition) is 2. The second-order valence-electron chi connectivity index (χ2n) is 4.65. The van der Waals surface area contributed by atoms with E-state index in [1.807, 2.05) is 32.0 Å². The Bertz CT molecular complexity index is 350. The van der Waals surface area contributed by atoms with Crippen molar-refractivity contribution in [2.45, 2.75) is 38.6 Å². The number of aliphatic carboxylic acids is 1. The standard InChI is InChI=1S/C14H21NO2/c1-3-15-14(2,11-13(16)17)10-9-12-7-5-4-6-8-12/h4-8,15H,3,9-11H2,1-2H3,(H,16,17). The molecule has 94 valence electrons. The van der Waals surface area contributed by atoms with Crippen LogP contribution in [-0.2, 0) is 11.2 Å². The molecular formula is C14H21NO2. The number of nitrogens with one attached hydrogen (secondary N) is 1. The van der Waals surface area contributed by atoms with Crippen LogP contribution >= 0.6 is 0 Å². The molecule has 0 spiro atoms. The van der Waals surface area contributed by atoms with Gasteiger partial charge in [0.1, 0.15) is 0 Å². The van der Waals surface area contributed by atoms with Crippen LogP contribution in [-0.4, -0.2) is 23.2 Å². The number of aryl methyl sites for hydroxylation is 1. The summed E-state index contributed by atoms with van der Waals surface area (Å²) in [5.74, 6) is -0.749. The summed E-state index contributed by atoms with van der Waals surface area (Å²) in [5, 5.41) is 12.2. The number of carboxylic acids is 1. The highest BCUT2D eigenvalue weighted by Gasteiger charge is 2.25. The van der Waals surface area contributed by atoms with E-state index < -0.39 is 5.97 Å². The molecule has 0 amide bonds. The molecule has 1 aromatic rings. The first-order valence-electron chi connectivity index (χ1n) is 6.06. The minimum atomic E-state index is -0.749. The summed E-state index contributed by atoms with van der Waals surface area (Å²) >= 11 is 0. The van der Waals surface area contributed by atoms with Crippen LogP contribution in [0.15, 0.2) is 30.3 Å². The van der Waals surface area contributed by atoms with Crippen LogP contribution in [0, 0.1) is 0 Å². The van der Waals surface area contributed by atoms with E-state index in [2.05, 4.69) is 17.4 Å². The summed E-state index contributed by atoms with van der Waals surface area (Å²) in [7, 11) is 0. The monoisotopic (exact) mass is 235 g/mol. The molecule has 0 saturated carbocycles. The van der Waals surface area contributed by atoms with Crippen molar-refractivity contribution in [2.75, 3.05) is 6.54 Å². The summed E-state index contributed by atoms with van der Waals surface area (Å²) in [6.07, 6.45) is 1.89. The number of benzene rings is 1. The SMILES string of the molecule is CCNC(C)(CCc1ccccc1)CC(=O)O. The molecule has 1 aromatic carbocycles. The minimum absolute atomic E-state index is 0.160. The third-order valence-electron chi connectivity index (χ3n) is 2.95. The van der Waals surface area contributed by atoms with Gasteiger partial charge < -0.3 is 10.4 Å². The van der Waals surface area contributed by atoms with Gasteiger partial charge in [0.05, 0.1) is 6.42 Å². The molecule has 0 bridgehead atoms. The molecule has 0 radical (unpaired) electrons. The highest BCUT2D eigenvalue weighted by Crippen LogP contribution is 2.18. The van der Waals surface area contributed by atoms with Crippen molar-refractivity contribution in [1.82, 2.24) is 5.32 Å². The quantitative estimate of drug-likeness (QED) is 0.763. The molecule has 0 saturated heterocycles. The number of carbonyl (C=O) groups is 1. The molecule has 17 heavy (non-hydrogen) atoms. The van der Waals surface area contributed by atoms with E-state index in [0.29, 0.717) is 0 Å². The molecule has 2 N–H and O–H groups in total. The number of carboxylic acid groups (broad SMARTS) is 1. The van der Waals surface area contributed by atoms with Crippen LogP contribution in [0.5, 0.6) is 0 Å². The van der Waals surface area contributed by atoms with Gasteiger partial charge in [0.25, 0.3) is 0 Å². The molecule has 3 heteroatoms. The van der Waals surface area contributed by atoms with Gasteiger partial charge in [-0.1, -0.05) is 37.3 Å². The van der Waals surface area contributed by atoms with Crippen molar-refractivity contribution in [1.29, 1.82) is 0 Å². The Labute approximate surface area is 103 Å². The normalized spacial score (nSPS) is 14.2. The van der Waals surface area contributed by atoms with Crippen LogP contribution in [0.1, 0.15) is 32.3 Å². The van der Waals surface area contributed by atoms with Crippen molar-refractivity contribution in [3.63, 3.8) is 0 Å². The predicted molar refractivity (Wildman–Crippen MR) is 69.1 cm³/mol. The lowest BCUT2D eigenvalue weighted by atomic mass is 9.90. The molecule has 1 rings (SSSR count). The van der Waals surface area contributed by atoms with Crippen molar-refractivity contribution in [3.8, 4) is 0 Å². The lowest BCUT2D eigenvalue weighted by Crippen LogP contribution is -2.44. The maximum absolute atomic E-state index is 10.9. The second-order valence-corrected chi connectivity index (χ2v) is 4.65. The molecule has 1 unspecified atom stereocenters. The fourth-order valence-corrected chi connectivity index (χ4v) is 2.06. The first kappa shape index (κ1) is 13.7. The van der Waals surface area contributed by atoms with E-state index >= 15 is 0 Å². The summed E-state index contributed by atoms with van der Waals surface area (Å²) < 4.78 is 0. The second kappa shape index (κ2) is 6.40. The lowest BCUT2D eigenvalue weighted by molar-refractivity contribution is -0.138. The molecular weight excluding hydrogens is 214 g/mol. The van der Waals surface area contributed by atoms with E-state index in [4.69, 9.17) is 5.11 Å². The van der Waals surface area contributed by atoms with Gasteiger partial charge in [0.2, 0.25) is 0 Å². The number of rotatable bonds is 7. The highest BCUT2D eigenvalue weighted by atomic mass is 16.4. The summed E-state index contributed by atoms with van der Waals surface area (Å²) in [6, 6.07) is 10.2. The van der Waals surface area contributed by atoms with Crippen molar-refractivity contribution < 1.29 is 9.90 Å². The van der Waals surface area contributed by atoms with Crippen molar-refractivity contribution in [2.24, 2.45) is 0 Å². The largest absolute Gasteiger partial charge is 0.481 e. The molecule has 0 aliphatic rings. The van der Waals surface area contributed by atoms with Gasteiger partial charge >= 0.3 is 5.97 Å². The smallest absolute Gasteiger partial charge is 0.305 e. The Balaban J connectivity index is 2.58. The van der Waals surface area contributed by atoms with Gasteiger partial charge in [-0.05, 0) is 31.9 Å². The van der Waals surface area contributed by atoms with Gasteiger partial charge in [0, 0.05) is 5.54 Å². The third-order valence-corrected chi connectivity index (χ3v) is 2.95. The van der Waals surface area contributed by atoms with E-state index in [1.165, 1.54) is 5.56 Å². The number of hydrogen-bond donors (Lipinski definition) is 2. The van der Waals surface area contributed by atoms with Gasteiger partial charge in [-0.15, -0.1) is 0 Å². The Morgan fingerprint density at radius 3 is 2.53 bits per heavy atom. The van der Waals surface area contributed by atoms with Crippen LogP contribution < -0.4 is 5.32 Å². The Kier molecular flexibility index (Phi) is 5.16. The minimum Gasteiger partial charge on any atom is -0.481 e. The van der Waals surface area contributed by atoms with E-state index in [-0.39, 0.29) is 12.0 Å². The van der Waals surface area contributed by atoms with Gasteiger partial charge in [-0.25, -0.2) is 0 Å². The maximum atomic E-state index is 10.9. The molecule has 1 atom stereocenters. The zero-order chi connectivity index (χ0) is 12.7. The van der Waals surface area contributed by atoms with E-state index in [9.17, 15) is 4.79 Å². The van der Waals surface area contributed by atoms with Gasteiger partial charge in [-0.3, -0.25) is 4.79 Å². The molecule has 0 aliphatic heterocycles. The molecule has 0 aliphatic carbocycles. The van der Waals surface area contributed by atoms with Crippen LogP contribution in [0.3, 0.4) is 0 Å². The zero-order valence-corrected chi connectivity index (χ0v) is 10.6. The molecule has 3 nitrogen and oxygen atoms in total. The average Bonchev–Trinajstić information content (AvgIpc) is 2.27. The Morgan fingerprint density at radius 1 is 1.35 bits per heavy atom.